The third-order valence-electron chi connectivity index (χ3n) is 1.89. The van der Waals surface area contributed by atoms with Crippen LogP contribution in [-0.2, 0) is 20.4 Å². The van der Waals surface area contributed by atoms with Gasteiger partial charge in [-0.05, 0) is 13.8 Å². The molecule has 0 radical (unpaired) electrons. The van der Waals surface area contributed by atoms with E-state index in [-0.39, 0.29) is 12.3 Å². The second kappa shape index (κ2) is 5.85. The number of nitrogens with one attached hydrogen (secondary N) is 1. The van der Waals surface area contributed by atoms with Gasteiger partial charge in [-0.25, -0.2) is 0 Å². The Kier molecular flexibility index (Phi) is 5.49. The average Bonchev–Trinajstić information content (AvgIpc) is 2.01. The summed E-state index contributed by atoms with van der Waals surface area (Å²) in [7, 11) is -0.945. The predicted molar refractivity (Wildman–Crippen MR) is 58.0 cm³/mol. The largest absolute Gasteiger partial charge is 0.481 e. The minimum atomic E-state index is -1.06. The van der Waals surface area contributed by atoms with E-state index in [9.17, 15) is 13.8 Å². The zero-order valence-electron chi connectivity index (χ0n) is 9.20. The van der Waals surface area contributed by atoms with Crippen LogP contribution in [0.25, 0.3) is 0 Å². The Balaban J connectivity index is 3.94. The smallest absolute Gasteiger partial charge is 0.309 e. The van der Waals surface area contributed by atoms with Gasteiger partial charge in [0, 0.05) is 35.8 Å². The monoisotopic (exact) mass is 235 g/mol. The first kappa shape index (κ1) is 14.1. The predicted octanol–water partition coefficient (Wildman–Crippen LogP) is -0.0180. The van der Waals surface area contributed by atoms with Crippen molar-refractivity contribution in [1.29, 1.82) is 0 Å². The van der Waals surface area contributed by atoms with Crippen LogP contribution in [0.3, 0.4) is 0 Å². The van der Waals surface area contributed by atoms with Crippen molar-refractivity contribution in [2.75, 3.05) is 18.6 Å². The van der Waals surface area contributed by atoms with Crippen LogP contribution in [0.1, 0.15) is 20.3 Å². The molecule has 0 rings (SSSR count). The lowest BCUT2D eigenvalue weighted by Crippen LogP contribution is -2.34. The fraction of sp³-hybridized carbons (Fsp3) is 0.778. The van der Waals surface area contributed by atoms with Crippen molar-refractivity contribution in [2.24, 2.45) is 5.41 Å². The molecule has 15 heavy (non-hydrogen) atoms. The molecule has 0 aromatic heterocycles. The number of carboxylic acids is 1. The second-order valence-corrected chi connectivity index (χ2v) is 5.55. The number of aliphatic carboxylic acids is 1. The van der Waals surface area contributed by atoms with Crippen LogP contribution in [0.2, 0.25) is 0 Å². The third kappa shape index (κ3) is 6.22. The number of amides is 1. The van der Waals surface area contributed by atoms with Crippen molar-refractivity contribution in [3.8, 4) is 0 Å². The van der Waals surface area contributed by atoms with E-state index in [1.807, 2.05) is 0 Å². The number of carbonyl (C=O) groups excluding carboxylic acids is 1. The summed E-state index contributed by atoms with van der Waals surface area (Å²) in [5.41, 5.74) is -1.06. The van der Waals surface area contributed by atoms with Crippen LogP contribution in [0.15, 0.2) is 0 Å². The van der Waals surface area contributed by atoms with E-state index in [0.29, 0.717) is 12.3 Å². The van der Waals surface area contributed by atoms with E-state index in [2.05, 4.69) is 5.32 Å². The Morgan fingerprint density at radius 3 is 2.33 bits per heavy atom. The molecule has 0 heterocycles. The van der Waals surface area contributed by atoms with Crippen LogP contribution < -0.4 is 5.32 Å². The second-order valence-electron chi connectivity index (χ2n) is 3.99. The number of carboxylic acid groups (broad SMARTS) is 1. The molecule has 2 N–H and O–H groups in total. The van der Waals surface area contributed by atoms with E-state index in [4.69, 9.17) is 5.11 Å². The summed E-state index contributed by atoms with van der Waals surface area (Å²) in [4.78, 5) is 22.0. The fourth-order valence-corrected chi connectivity index (χ4v) is 1.26. The molecule has 1 atom stereocenters. The maximum absolute atomic E-state index is 11.3. The lowest BCUT2D eigenvalue weighted by molar-refractivity contribution is -0.149. The molecule has 1 unspecified atom stereocenters. The first-order valence-electron chi connectivity index (χ1n) is 4.56. The molecule has 0 aliphatic carbocycles. The van der Waals surface area contributed by atoms with Gasteiger partial charge in [0.25, 0.3) is 0 Å². The standard InChI is InChI=1S/C9H17NO4S/c1-9(2,8(12)13)6-7(11)10-4-5-15(3)14/h4-6H2,1-3H3,(H,10,11)(H,12,13). The molecule has 0 aromatic rings. The SMILES string of the molecule is CS(=O)CCNC(=O)CC(C)(C)C(=O)O. The lowest BCUT2D eigenvalue weighted by atomic mass is 9.89. The first-order valence-corrected chi connectivity index (χ1v) is 6.28. The van der Waals surface area contributed by atoms with E-state index >= 15 is 0 Å². The van der Waals surface area contributed by atoms with Gasteiger partial charge >= 0.3 is 5.97 Å². The Morgan fingerprint density at radius 1 is 1.40 bits per heavy atom. The van der Waals surface area contributed by atoms with Gasteiger partial charge in [0.15, 0.2) is 0 Å². The highest BCUT2D eigenvalue weighted by molar-refractivity contribution is 7.84. The van der Waals surface area contributed by atoms with E-state index in [0.717, 1.165) is 0 Å². The van der Waals surface area contributed by atoms with Crippen LogP contribution in [0.4, 0.5) is 0 Å². The molecule has 0 aromatic carbocycles. The average molecular weight is 235 g/mol. The van der Waals surface area contributed by atoms with E-state index < -0.39 is 22.2 Å². The van der Waals surface area contributed by atoms with Crippen LogP contribution in [0.5, 0.6) is 0 Å². The molecule has 1 amide bonds. The van der Waals surface area contributed by atoms with Gasteiger partial charge in [0.2, 0.25) is 5.91 Å². The van der Waals surface area contributed by atoms with Crippen molar-refractivity contribution in [3.63, 3.8) is 0 Å². The highest BCUT2D eigenvalue weighted by Gasteiger charge is 2.29. The van der Waals surface area contributed by atoms with Gasteiger partial charge in [-0.2, -0.15) is 0 Å². The topological polar surface area (TPSA) is 83.5 Å². The summed E-state index contributed by atoms with van der Waals surface area (Å²) in [6.45, 7) is 3.30. The summed E-state index contributed by atoms with van der Waals surface area (Å²) >= 11 is 0. The van der Waals surface area contributed by atoms with Crippen LogP contribution in [-0.4, -0.2) is 39.7 Å². The molecule has 0 saturated carbocycles. The number of carbonyl (C=O) groups is 2. The highest BCUT2D eigenvalue weighted by atomic mass is 32.2. The van der Waals surface area contributed by atoms with Crippen LogP contribution in [0, 0.1) is 5.41 Å². The quantitative estimate of drug-likeness (QED) is 0.678. The van der Waals surface area contributed by atoms with Gasteiger partial charge in [-0.1, -0.05) is 0 Å². The van der Waals surface area contributed by atoms with Gasteiger partial charge in [0.05, 0.1) is 5.41 Å². The Hall–Kier alpha value is -0.910. The molecule has 0 spiro atoms. The number of rotatable bonds is 6. The minimum absolute atomic E-state index is 0.0708. The molecular weight excluding hydrogens is 218 g/mol. The van der Waals surface area contributed by atoms with Gasteiger partial charge < -0.3 is 10.4 Å². The van der Waals surface area contributed by atoms with E-state index in [1.54, 1.807) is 6.26 Å². The van der Waals surface area contributed by atoms with Crippen molar-refractivity contribution >= 4 is 22.7 Å². The maximum Gasteiger partial charge on any atom is 0.309 e. The van der Waals surface area contributed by atoms with Crippen molar-refractivity contribution < 1.29 is 18.9 Å². The fourth-order valence-electron chi connectivity index (χ4n) is 0.874. The Morgan fingerprint density at radius 2 is 1.93 bits per heavy atom. The van der Waals surface area contributed by atoms with Crippen LogP contribution >= 0.6 is 0 Å². The lowest BCUT2D eigenvalue weighted by Gasteiger charge is -2.17. The summed E-state index contributed by atoms with van der Waals surface area (Å²) in [6.07, 6.45) is 1.48. The summed E-state index contributed by atoms with van der Waals surface area (Å²) in [5, 5.41) is 11.3. The first-order chi connectivity index (χ1) is 6.75. The molecule has 0 bridgehead atoms. The molecule has 0 fully saturated rings. The van der Waals surface area contributed by atoms with Crippen molar-refractivity contribution in [1.82, 2.24) is 5.32 Å². The van der Waals surface area contributed by atoms with Gasteiger partial charge in [-0.15, -0.1) is 0 Å². The zero-order chi connectivity index (χ0) is 12.1. The zero-order valence-corrected chi connectivity index (χ0v) is 10.0. The summed E-state index contributed by atoms with van der Waals surface area (Å²) in [5.74, 6) is -0.941. The van der Waals surface area contributed by atoms with Crippen molar-refractivity contribution in [3.05, 3.63) is 0 Å². The van der Waals surface area contributed by atoms with Gasteiger partial charge in [-0.3, -0.25) is 13.8 Å². The summed E-state index contributed by atoms with van der Waals surface area (Å²) < 4.78 is 10.7. The summed E-state index contributed by atoms with van der Waals surface area (Å²) in [6, 6.07) is 0. The Labute approximate surface area is 91.7 Å². The number of hydrogen-bond acceptors (Lipinski definition) is 3. The van der Waals surface area contributed by atoms with Gasteiger partial charge in [0.1, 0.15) is 0 Å². The highest BCUT2D eigenvalue weighted by Crippen LogP contribution is 2.19. The number of hydrogen-bond donors (Lipinski definition) is 2. The van der Waals surface area contributed by atoms with Crippen molar-refractivity contribution in [2.45, 2.75) is 20.3 Å². The minimum Gasteiger partial charge on any atom is -0.481 e. The van der Waals surface area contributed by atoms with E-state index in [1.165, 1.54) is 13.8 Å². The third-order valence-corrected chi connectivity index (χ3v) is 2.67. The normalized spacial score (nSPS) is 13.3. The molecule has 6 heteroatoms. The molecular formula is C9H17NO4S. The molecule has 88 valence electrons. The molecule has 5 nitrogen and oxygen atoms in total. The Bertz CT molecular complexity index is 275. The molecule has 0 aliphatic heterocycles. The molecule has 0 aliphatic rings. The maximum atomic E-state index is 11.3. The molecule has 0 saturated heterocycles.